The van der Waals surface area contributed by atoms with Crippen LogP contribution in [0.5, 0.6) is 5.75 Å². The molecule has 0 aliphatic heterocycles. The summed E-state index contributed by atoms with van der Waals surface area (Å²) in [7, 11) is 0. The molecular formula is C16H17N3O2. The predicted octanol–water partition coefficient (Wildman–Crippen LogP) is 2.63. The van der Waals surface area contributed by atoms with Crippen LogP contribution in [0.3, 0.4) is 0 Å². The predicted molar refractivity (Wildman–Crippen MR) is 81.5 cm³/mol. The molecule has 1 aromatic carbocycles. The molecule has 0 radical (unpaired) electrons. The quantitative estimate of drug-likeness (QED) is 0.677. The summed E-state index contributed by atoms with van der Waals surface area (Å²) in [6.45, 7) is 4.41. The third kappa shape index (κ3) is 4.14. The zero-order valence-corrected chi connectivity index (χ0v) is 12.0. The van der Waals surface area contributed by atoms with Crippen LogP contribution in [0.15, 0.2) is 53.9 Å². The lowest BCUT2D eigenvalue weighted by Crippen LogP contribution is -2.19. The molecule has 0 aliphatic rings. The molecule has 108 valence electrons. The highest BCUT2D eigenvalue weighted by Crippen LogP contribution is 2.12. The summed E-state index contributed by atoms with van der Waals surface area (Å²) in [6, 6.07) is 10.8. The van der Waals surface area contributed by atoms with Crippen molar-refractivity contribution < 1.29 is 9.53 Å². The largest absolute Gasteiger partial charge is 0.494 e. The van der Waals surface area contributed by atoms with Gasteiger partial charge in [0.2, 0.25) is 0 Å². The molecule has 0 saturated carbocycles. The van der Waals surface area contributed by atoms with Gasteiger partial charge in [0.15, 0.2) is 0 Å². The van der Waals surface area contributed by atoms with Gasteiger partial charge in [0.05, 0.1) is 12.3 Å². The maximum atomic E-state index is 11.9. The van der Waals surface area contributed by atoms with E-state index < -0.39 is 0 Å². The topological polar surface area (TPSA) is 63.6 Å². The Morgan fingerprint density at radius 3 is 2.43 bits per heavy atom. The summed E-state index contributed by atoms with van der Waals surface area (Å²) in [6.07, 6.45) is 3.13. The normalized spacial score (nSPS) is 11.0. The molecule has 1 heterocycles. The average Bonchev–Trinajstić information content (AvgIpc) is 2.54. The van der Waals surface area contributed by atoms with Gasteiger partial charge < -0.3 is 4.74 Å². The van der Waals surface area contributed by atoms with Gasteiger partial charge in [-0.25, -0.2) is 5.43 Å². The van der Waals surface area contributed by atoms with Gasteiger partial charge in [0.25, 0.3) is 5.91 Å². The molecule has 2 rings (SSSR count). The average molecular weight is 283 g/mol. The van der Waals surface area contributed by atoms with Crippen LogP contribution in [0.2, 0.25) is 0 Å². The molecule has 0 saturated heterocycles. The highest BCUT2D eigenvalue weighted by Gasteiger charge is 2.04. The number of carbonyl (C=O) groups excluding carboxylic acids is 1. The van der Waals surface area contributed by atoms with Crippen molar-refractivity contribution in [2.75, 3.05) is 6.61 Å². The first-order chi connectivity index (χ1) is 10.2. The number of hydrazone groups is 1. The van der Waals surface area contributed by atoms with E-state index in [2.05, 4.69) is 15.5 Å². The van der Waals surface area contributed by atoms with Crippen molar-refractivity contribution in [1.29, 1.82) is 0 Å². The number of pyridine rings is 1. The minimum absolute atomic E-state index is 0.261. The smallest absolute Gasteiger partial charge is 0.271 e. The minimum atomic E-state index is -0.261. The van der Waals surface area contributed by atoms with Gasteiger partial charge in [-0.1, -0.05) is 0 Å². The zero-order valence-electron chi connectivity index (χ0n) is 12.0. The number of nitrogens with zero attached hydrogens (tertiary/aromatic N) is 2. The van der Waals surface area contributed by atoms with E-state index in [1.807, 2.05) is 38.1 Å². The number of benzene rings is 1. The Balaban J connectivity index is 2.02. The van der Waals surface area contributed by atoms with E-state index in [1.165, 1.54) is 0 Å². The van der Waals surface area contributed by atoms with Crippen molar-refractivity contribution in [3.05, 3.63) is 59.9 Å². The molecule has 1 N–H and O–H groups in total. The summed E-state index contributed by atoms with van der Waals surface area (Å²) >= 11 is 0. The number of amides is 1. The number of ether oxygens (including phenoxy) is 1. The maximum absolute atomic E-state index is 11.9. The second kappa shape index (κ2) is 7.19. The lowest BCUT2D eigenvalue weighted by Gasteiger charge is -2.05. The monoisotopic (exact) mass is 283 g/mol. The van der Waals surface area contributed by atoms with E-state index in [9.17, 15) is 4.79 Å². The van der Waals surface area contributed by atoms with Crippen molar-refractivity contribution >= 4 is 11.6 Å². The molecule has 5 nitrogen and oxygen atoms in total. The summed E-state index contributed by atoms with van der Waals surface area (Å²) < 4.78 is 5.38. The van der Waals surface area contributed by atoms with Crippen LogP contribution in [0, 0.1) is 0 Å². The fourth-order valence-electron chi connectivity index (χ4n) is 1.73. The van der Waals surface area contributed by atoms with Crippen molar-refractivity contribution in [1.82, 2.24) is 10.4 Å². The van der Waals surface area contributed by atoms with Crippen LogP contribution in [0.1, 0.15) is 29.8 Å². The highest BCUT2D eigenvalue weighted by molar-refractivity contribution is 6.00. The van der Waals surface area contributed by atoms with E-state index in [1.54, 1.807) is 24.5 Å². The second-order valence-corrected chi connectivity index (χ2v) is 4.33. The van der Waals surface area contributed by atoms with Gasteiger partial charge in [0.1, 0.15) is 5.75 Å². The Morgan fingerprint density at radius 1 is 1.14 bits per heavy atom. The molecule has 0 atom stereocenters. The summed E-state index contributed by atoms with van der Waals surface area (Å²) in [4.78, 5) is 15.7. The standard InChI is InChI=1S/C16H17N3O2/c1-3-21-15-6-4-13(5-7-15)12(2)18-19-16(20)14-8-10-17-11-9-14/h4-11H,3H2,1-2H3,(H,19,20)/b18-12-. The number of nitrogens with one attached hydrogen (secondary N) is 1. The Hall–Kier alpha value is -2.69. The molecule has 2 aromatic rings. The van der Waals surface area contributed by atoms with E-state index in [4.69, 9.17) is 4.74 Å². The van der Waals surface area contributed by atoms with Crippen LogP contribution in [-0.4, -0.2) is 23.2 Å². The SMILES string of the molecule is CCOc1ccc(/C(C)=N\NC(=O)c2ccncc2)cc1. The second-order valence-electron chi connectivity index (χ2n) is 4.33. The Bertz CT molecular complexity index is 622. The van der Waals surface area contributed by atoms with Crippen LogP contribution >= 0.6 is 0 Å². The van der Waals surface area contributed by atoms with Gasteiger partial charge in [-0.2, -0.15) is 5.10 Å². The third-order valence-electron chi connectivity index (χ3n) is 2.85. The van der Waals surface area contributed by atoms with Gasteiger partial charge >= 0.3 is 0 Å². The molecule has 21 heavy (non-hydrogen) atoms. The van der Waals surface area contributed by atoms with Crippen LogP contribution in [0.25, 0.3) is 0 Å². The first kappa shape index (κ1) is 14.7. The number of rotatable bonds is 5. The summed E-state index contributed by atoms with van der Waals surface area (Å²) in [5, 5.41) is 4.10. The first-order valence-corrected chi connectivity index (χ1v) is 6.68. The molecule has 0 unspecified atom stereocenters. The lowest BCUT2D eigenvalue weighted by atomic mass is 10.1. The zero-order chi connectivity index (χ0) is 15.1. The van der Waals surface area contributed by atoms with E-state index in [0.717, 1.165) is 17.0 Å². The van der Waals surface area contributed by atoms with Crippen LogP contribution in [-0.2, 0) is 0 Å². The highest BCUT2D eigenvalue weighted by atomic mass is 16.5. The Morgan fingerprint density at radius 2 is 1.81 bits per heavy atom. The van der Waals surface area contributed by atoms with Crippen LogP contribution < -0.4 is 10.2 Å². The van der Waals surface area contributed by atoms with Gasteiger partial charge in [-0.15, -0.1) is 0 Å². The molecule has 5 heteroatoms. The molecular weight excluding hydrogens is 266 g/mol. The molecule has 1 amide bonds. The van der Waals surface area contributed by atoms with Gasteiger partial charge in [-0.3, -0.25) is 9.78 Å². The van der Waals surface area contributed by atoms with E-state index in [0.29, 0.717) is 12.2 Å². The number of hydrogen-bond donors (Lipinski definition) is 1. The number of aromatic nitrogens is 1. The van der Waals surface area contributed by atoms with Gasteiger partial charge in [-0.05, 0) is 55.8 Å². The molecule has 0 aliphatic carbocycles. The lowest BCUT2D eigenvalue weighted by molar-refractivity contribution is 0.0954. The van der Waals surface area contributed by atoms with Crippen molar-refractivity contribution in [3.63, 3.8) is 0 Å². The fraction of sp³-hybridized carbons (Fsp3) is 0.188. The Labute approximate surface area is 123 Å². The first-order valence-electron chi connectivity index (χ1n) is 6.68. The molecule has 0 spiro atoms. The van der Waals surface area contributed by atoms with E-state index >= 15 is 0 Å². The van der Waals surface area contributed by atoms with Crippen molar-refractivity contribution in [2.45, 2.75) is 13.8 Å². The molecule has 0 fully saturated rings. The number of carbonyl (C=O) groups is 1. The third-order valence-corrected chi connectivity index (χ3v) is 2.85. The molecule has 1 aromatic heterocycles. The summed E-state index contributed by atoms with van der Waals surface area (Å²) in [5.41, 5.74) is 4.70. The minimum Gasteiger partial charge on any atom is -0.494 e. The fourth-order valence-corrected chi connectivity index (χ4v) is 1.73. The van der Waals surface area contributed by atoms with Crippen molar-refractivity contribution in [2.24, 2.45) is 5.10 Å². The van der Waals surface area contributed by atoms with Gasteiger partial charge in [0, 0.05) is 18.0 Å². The van der Waals surface area contributed by atoms with E-state index in [-0.39, 0.29) is 5.91 Å². The Kier molecular flexibility index (Phi) is 5.04. The van der Waals surface area contributed by atoms with Crippen LogP contribution in [0.4, 0.5) is 0 Å². The summed E-state index contributed by atoms with van der Waals surface area (Å²) in [5.74, 6) is 0.553. The molecule has 0 bridgehead atoms. The number of hydrogen-bond acceptors (Lipinski definition) is 4. The van der Waals surface area contributed by atoms with Crippen molar-refractivity contribution in [3.8, 4) is 5.75 Å². The maximum Gasteiger partial charge on any atom is 0.271 e.